The molecule has 10 heteroatoms. The van der Waals surface area contributed by atoms with E-state index in [1.807, 2.05) is 75.4 Å². The highest BCUT2D eigenvalue weighted by Crippen LogP contribution is 2.36. The second kappa shape index (κ2) is 14.4. The van der Waals surface area contributed by atoms with Crippen molar-refractivity contribution in [2.45, 2.75) is 65.1 Å². The number of rotatable bonds is 14. The number of carbonyl (C=O) groups excluding carboxylic acids is 2. The molecule has 3 aromatic rings. The molecule has 1 aliphatic rings. The lowest BCUT2D eigenvalue weighted by Crippen LogP contribution is -2.52. The Labute approximate surface area is 254 Å². The number of nitrogens with zero attached hydrogens (tertiary/aromatic N) is 2. The smallest absolute Gasteiger partial charge is 0.243 e. The van der Waals surface area contributed by atoms with Crippen molar-refractivity contribution in [1.29, 1.82) is 0 Å². The van der Waals surface area contributed by atoms with Gasteiger partial charge in [-0.05, 0) is 49.9 Å². The standard InChI is InChI=1S/C33H41N3O6S/c1-5-25(3)34-33(38)29(20-26-10-7-6-8-11-26)35(22-27-15-13-24(2)14-16-27)32(37)12-9-19-36(43(4,39)40)28-17-18-30-31(21-28)42-23-41-30/h6-8,10-11,13-18,21,25,29H,5,9,12,19-20,22-23H2,1-4H3,(H,34,38). The summed E-state index contributed by atoms with van der Waals surface area (Å²) in [6.07, 6.45) is 2.57. The minimum absolute atomic E-state index is 0.0490. The largest absolute Gasteiger partial charge is 0.454 e. The summed E-state index contributed by atoms with van der Waals surface area (Å²) in [4.78, 5) is 29.3. The molecule has 0 saturated carbocycles. The van der Waals surface area contributed by atoms with Gasteiger partial charge in [-0.3, -0.25) is 13.9 Å². The van der Waals surface area contributed by atoms with E-state index in [0.717, 1.165) is 29.4 Å². The van der Waals surface area contributed by atoms with E-state index in [4.69, 9.17) is 9.47 Å². The van der Waals surface area contributed by atoms with Gasteiger partial charge in [0.05, 0.1) is 11.9 Å². The molecule has 2 amide bonds. The third kappa shape index (κ3) is 8.73. The van der Waals surface area contributed by atoms with E-state index < -0.39 is 16.1 Å². The number of hydrogen-bond acceptors (Lipinski definition) is 6. The number of benzene rings is 3. The molecule has 0 saturated heterocycles. The second-order valence-corrected chi connectivity index (χ2v) is 12.9. The fraction of sp³-hybridized carbons (Fsp3) is 0.394. The van der Waals surface area contributed by atoms with Gasteiger partial charge in [0, 0.05) is 38.0 Å². The lowest BCUT2D eigenvalue weighted by molar-refractivity contribution is -0.141. The van der Waals surface area contributed by atoms with E-state index in [0.29, 0.717) is 23.6 Å². The summed E-state index contributed by atoms with van der Waals surface area (Å²) in [5.74, 6) is 0.596. The molecule has 0 aromatic heterocycles. The Morgan fingerprint density at radius 2 is 1.65 bits per heavy atom. The Hall–Kier alpha value is -4.05. The molecule has 3 aromatic carbocycles. The first-order valence-electron chi connectivity index (χ1n) is 14.6. The minimum Gasteiger partial charge on any atom is -0.454 e. The normalized spacial score (nSPS) is 13.7. The number of hydrogen-bond donors (Lipinski definition) is 1. The van der Waals surface area contributed by atoms with Gasteiger partial charge in [-0.1, -0.05) is 67.1 Å². The third-order valence-corrected chi connectivity index (χ3v) is 8.74. The van der Waals surface area contributed by atoms with Crippen LogP contribution in [-0.2, 0) is 32.6 Å². The Morgan fingerprint density at radius 3 is 2.33 bits per heavy atom. The highest BCUT2D eigenvalue weighted by molar-refractivity contribution is 7.92. The molecular weight excluding hydrogens is 566 g/mol. The van der Waals surface area contributed by atoms with Crippen LogP contribution in [0.5, 0.6) is 11.5 Å². The summed E-state index contributed by atoms with van der Waals surface area (Å²) < 4.78 is 37.5. The van der Waals surface area contributed by atoms with Crippen LogP contribution in [0, 0.1) is 6.92 Å². The first-order chi connectivity index (χ1) is 20.5. The van der Waals surface area contributed by atoms with Gasteiger partial charge >= 0.3 is 0 Å². The van der Waals surface area contributed by atoms with Gasteiger partial charge < -0.3 is 19.7 Å². The summed E-state index contributed by atoms with van der Waals surface area (Å²) in [5.41, 5.74) is 3.39. The van der Waals surface area contributed by atoms with Crippen LogP contribution in [0.2, 0.25) is 0 Å². The van der Waals surface area contributed by atoms with Crippen LogP contribution >= 0.6 is 0 Å². The lowest BCUT2D eigenvalue weighted by Gasteiger charge is -2.32. The zero-order valence-electron chi connectivity index (χ0n) is 25.3. The highest BCUT2D eigenvalue weighted by atomic mass is 32.2. The average Bonchev–Trinajstić information content (AvgIpc) is 3.46. The molecule has 2 unspecified atom stereocenters. The quantitative estimate of drug-likeness (QED) is 0.282. The summed E-state index contributed by atoms with van der Waals surface area (Å²) in [6.45, 7) is 6.36. The van der Waals surface area contributed by atoms with Gasteiger partial charge in [-0.15, -0.1) is 0 Å². The third-order valence-electron chi connectivity index (χ3n) is 7.54. The van der Waals surface area contributed by atoms with Crippen LogP contribution in [0.3, 0.4) is 0 Å². The monoisotopic (exact) mass is 607 g/mol. The van der Waals surface area contributed by atoms with Gasteiger partial charge in [0.2, 0.25) is 28.6 Å². The van der Waals surface area contributed by atoms with E-state index in [1.165, 1.54) is 4.31 Å². The zero-order valence-corrected chi connectivity index (χ0v) is 26.1. The van der Waals surface area contributed by atoms with Crippen molar-refractivity contribution in [2.24, 2.45) is 0 Å². The predicted molar refractivity (Wildman–Crippen MR) is 168 cm³/mol. The minimum atomic E-state index is -3.65. The molecule has 0 radical (unpaired) electrons. The number of sulfonamides is 1. The van der Waals surface area contributed by atoms with Crippen LogP contribution in [0.1, 0.15) is 49.8 Å². The van der Waals surface area contributed by atoms with Gasteiger partial charge in [0.1, 0.15) is 6.04 Å². The molecule has 1 aliphatic heterocycles. The van der Waals surface area contributed by atoms with Crippen LogP contribution in [0.4, 0.5) is 5.69 Å². The van der Waals surface area contributed by atoms with E-state index in [9.17, 15) is 18.0 Å². The zero-order chi connectivity index (χ0) is 31.0. The molecule has 0 spiro atoms. The maximum Gasteiger partial charge on any atom is 0.243 e. The maximum absolute atomic E-state index is 14.0. The molecule has 43 heavy (non-hydrogen) atoms. The van der Waals surface area contributed by atoms with Crippen LogP contribution < -0.4 is 19.1 Å². The van der Waals surface area contributed by atoms with Gasteiger partial charge in [-0.2, -0.15) is 0 Å². The molecule has 230 valence electrons. The Balaban J connectivity index is 1.58. The first-order valence-corrected chi connectivity index (χ1v) is 16.5. The van der Waals surface area contributed by atoms with Crippen molar-refractivity contribution < 1.29 is 27.5 Å². The fourth-order valence-electron chi connectivity index (χ4n) is 4.93. The number of aryl methyl sites for hydroxylation is 1. The van der Waals surface area contributed by atoms with Gasteiger partial charge in [-0.25, -0.2) is 8.42 Å². The molecule has 4 rings (SSSR count). The lowest BCUT2D eigenvalue weighted by atomic mass is 10.0. The molecular formula is C33H41N3O6S. The topological polar surface area (TPSA) is 105 Å². The molecule has 1 heterocycles. The summed E-state index contributed by atoms with van der Waals surface area (Å²) in [6, 6.07) is 21.7. The number of amides is 2. The van der Waals surface area contributed by atoms with Gasteiger partial charge in [0.25, 0.3) is 0 Å². The van der Waals surface area contributed by atoms with Crippen molar-refractivity contribution in [1.82, 2.24) is 10.2 Å². The summed E-state index contributed by atoms with van der Waals surface area (Å²) in [7, 11) is -3.65. The molecule has 2 atom stereocenters. The van der Waals surface area contributed by atoms with E-state index in [-0.39, 0.29) is 50.6 Å². The van der Waals surface area contributed by atoms with Gasteiger partial charge in [0.15, 0.2) is 11.5 Å². The van der Waals surface area contributed by atoms with E-state index in [1.54, 1.807) is 23.1 Å². The van der Waals surface area contributed by atoms with Crippen LogP contribution in [0.15, 0.2) is 72.8 Å². The maximum atomic E-state index is 14.0. The van der Waals surface area contributed by atoms with Crippen molar-refractivity contribution in [2.75, 3.05) is 23.9 Å². The predicted octanol–water partition coefficient (Wildman–Crippen LogP) is 4.82. The Bertz CT molecular complexity index is 1490. The Kier molecular flexibility index (Phi) is 10.7. The van der Waals surface area contributed by atoms with E-state index in [2.05, 4.69) is 5.32 Å². The molecule has 1 N–H and O–H groups in total. The Morgan fingerprint density at radius 1 is 0.953 bits per heavy atom. The first kappa shape index (κ1) is 31.9. The molecule has 0 fully saturated rings. The molecule has 0 bridgehead atoms. The van der Waals surface area contributed by atoms with Crippen molar-refractivity contribution >= 4 is 27.5 Å². The highest BCUT2D eigenvalue weighted by Gasteiger charge is 2.31. The number of nitrogens with one attached hydrogen (secondary N) is 1. The fourth-order valence-corrected chi connectivity index (χ4v) is 5.89. The number of ether oxygens (including phenoxy) is 2. The number of anilines is 1. The van der Waals surface area contributed by atoms with Crippen LogP contribution in [-0.4, -0.2) is 56.8 Å². The number of fused-ring (bicyclic) bond motifs is 1. The van der Waals surface area contributed by atoms with Crippen LogP contribution in [0.25, 0.3) is 0 Å². The average molecular weight is 608 g/mol. The van der Waals surface area contributed by atoms with Crippen molar-refractivity contribution in [3.8, 4) is 11.5 Å². The summed E-state index contributed by atoms with van der Waals surface area (Å²) in [5, 5.41) is 3.07. The van der Waals surface area contributed by atoms with E-state index >= 15 is 0 Å². The molecule has 0 aliphatic carbocycles. The number of carbonyl (C=O) groups is 2. The van der Waals surface area contributed by atoms with Crippen molar-refractivity contribution in [3.63, 3.8) is 0 Å². The van der Waals surface area contributed by atoms with Crippen molar-refractivity contribution in [3.05, 3.63) is 89.5 Å². The molecule has 9 nitrogen and oxygen atoms in total. The summed E-state index contributed by atoms with van der Waals surface area (Å²) >= 11 is 0. The SMILES string of the molecule is CCC(C)NC(=O)C(Cc1ccccc1)N(Cc1ccc(C)cc1)C(=O)CCCN(c1ccc2c(c1)OCO2)S(C)(=O)=O. The second-order valence-electron chi connectivity index (χ2n) is 11.0.